The molecule has 1 heterocycles. The minimum atomic E-state index is -0.650. The molecule has 0 spiro atoms. The van der Waals surface area contributed by atoms with Gasteiger partial charge in [-0.2, -0.15) is 0 Å². The Kier molecular flexibility index (Phi) is 3.38. The largest absolute Gasteiger partial charge is 0.383 e. The van der Waals surface area contributed by atoms with Gasteiger partial charge < -0.3 is 15.5 Å². The number of nitrogens with one attached hydrogen (secondary N) is 1. The molecule has 0 aromatic carbocycles. The summed E-state index contributed by atoms with van der Waals surface area (Å²) in [4.78, 5) is 18.7. The van der Waals surface area contributed by atoms with Crippen molar-refractivity contribution < 1.29 is 4.74 Å². The lowest BCUT2D eigenvalue weighted by atomic mass is 10.0. The number of hydrogen-bond acceptors (Lipinski definition) is 4. The van der Waals surface area contributed by atoms with Gasteiger partial charge in [0.2, 0.25) is 0 Å². The van der Waals surface area contributed by atoms with Crippen molar-refractivity contribution in [3.8, 4) is 0 Å². The highest BCUT2D eigenvalue weighted by molar-refractivity contribution is 5.40. The van der Waals surface area contributed by atoms with E-state index in [2.05, 4.69) is 9.97 Å². The number of methoxy groups -OCH3 is 1. The number of rotatable bonds is 3. The molecule has 90 valence electrons. The van der Waals surface area contributed by atoms with Crippen molar-refractivity contribution in [1.29, 1.82) is 0 Å². The van der Waals surface area contributed by atoms with Gasteiger partial charge in [0.05, 0.1) is 5.56 Å². The summed E-state index contributed by atoms with van der Waals surface area (Å²) in [6.45, 7) is 7.45. The lowest BCUT2D eigenvalue weighted by molar-refractivity contribution is 0.0113. The zero-order valence-electron chi connectivity index (χ0n) is 10.4. The second-order valence-electron chi connectivity index (χ2n) is 4.58. The second-order valence-corrected chi connectivity index (χ2v) is 4.58. The van der Waals surface area contributed by atoms with Gasteiger partial charge in [0.1, 0.15) is 17.2 Å². The van der Waals surface area contributed by atoms with Gasteiger partial charge in [-0.25, -0.2) is 4.98 Å². The molecule has 0 fully saturated rings. The summed E-state index contributed by atoms with van der Waals surface area (Å²) in [5.41, 5.74) is 5.47. The smallest absolute Gasteiger partial charge is 0.256 e. The molecule has 0 bridgehead atoms. The highest BCUT2D eigenvalue weighted by atomic mass is 16.5. The van der Waals surface area contributed by atoms with Gasteiger partial charge in [0.15, 0.2) is 0 Å². The van der Waals surface area contributed by atoms with Crippen LogP contribution in [-0.2, 0) is 10.3 Å². The Labute approximate surface area is 95.0 Å². The maximum absolute atomic E-state index is 11.8. The van der Waals surface area contributed by atoms with Crippen LogP contribution in [0.4, 0.5) is 5.82 Å². The molecule has 0 saturated carbocycles. The molecule has 5 nitrogen and oxygen atoms in total. The molecule has 0 amide bonds. The van der Waals surface area contributed by atoms with Crippen molar-refractivity contribution in [1.82, 2.24) is 9.97 Å². The van der Waals surface area contributed by atoms with Crippen molar-refractivity contribution in [2.75, 3.05) is 12.8 Å². The first-order chi connectivity index (χ1) is 7.29. The molecule has 5 heteroatoms. The standard InChI is InChI=1S/C11H19N3O2/c1-6(2)7-8(12)13-10(14-9(7)15)11(3,4)16-5/h6H,1-5H3,(H3,12,13,14,15). The van der Waals surface area contributed by atoms with E-state index < -0.39 is 5.60 Å². The number of nitrogens with zero attached hydrogens (tertiary/aromatic N) is 1. The van der Waals surface area contributed by atoms with Crippen LogP contribution in [-0.4, -0.2) is 17.1 Å². The molecule has 0 aliphatic carbocycles. The summed E-state index contributed by atoms with van der Waals surface area (Å²) >= 11 is 0. The van der Waals surface area contributed by atoms with Crippen molar-refractivity contribution in [2.45, 2.75) is 39.2 Å². The van der Waals surface area contributed by atoms with E-state index in [0.29, 0.717) is 11.4 Å². The van der Waals surface area contributed by atoms with Gasteiger partial charge in [-0.05, 0) is 19.8 Å². The second kappa shape index (κ2) is 4.25. The van der Waals surface area contributed by atoms with Crippen molar-refractivity contribution in [3.05, 3.63) is 21.7 Å². The zero-order valence-corrected chi connectivity index (χ0v) is 10.4. The van der Waals surface area contributed by atoms with E-state index in [1.807, 2.05) is 27.7 Å². The first-order valence-corrected chi connectivity index (χ1v) is 5.25. The van der Waals surface area contributed by atoms with Crippen LogP contribution in [0, 0.1) is 0 Å². The Morgan fingerprint density at radius 3 is 2.38 bits per heavy atom. The molecule has 16 heavy (non-hydrogen) atoms. The van der Waals surface area contributed by atoms with E-state index in [0.717, 1.165) is 0 Å². The van der Waals surface area contributed by atoms with Crippen molar-refractivity contribution in [2.24, 2.45) is 0 Å². The minimum absolute atomic E-state index is 0.0518. The van der Waals surface area contributed by atoms with E-state index in [-0.39, 0.29) is 17.3 Å². The van der Waals surface area contributed by atoms with E-state index in [9.17, 15) is 4.79 Å². The Morgan fingerprint density at radius 1 is 1.44 bits per heavy atom. The van der Waals surface area contributed by atoms with Gasteiger partial charge in [0, 0.05) is 7.11 Å². The fourth-order valence-electron chi connectivity index (χ4n) is 1.44. The lowest BCUT2D eigenvalue weighted by Crippen LogP contribution is -2.29. The van der Waals surface area contributed by atoms with E-state index in [4.69, 9.17) is 10.5 Å². The van der Waals surface area contributed by atoms with Gasteiger partial charge in [0.25, 0.3) is 5.56 Å². The topological polar surface area (TPSA) is 81.0 Å². The molecule has 1 aromatic heterocycles. The molecule has 0 saturated heterocycles. The highest BCUT2D eigenvalue weighted by Gasteiger charge is 2.24. The first kappa shape index (κ1) is 12.7. The van der Waals surface area contributed by atoms with Gasteiger partial charge in [-0.3, -0.25) is 4.79 Å². The van der Waals surface area contributed by atoms with E-state index in [1.54, 1.807) is 7.11 Å². The quantitative estimate of drug-likeness (QED) is 0.813. The molecule has 1 rings (SSSR count). The summed E-state index contributed by atoms with van der Waals surface area (Å²) in [7, 11) is 1.56. The summed E-state index contributed by atoms with van der Waals surface area (Å²) in [5.74, 6) is 0.775. The van der Waals surface area contributed by atoms with Crippen LogP contribution in [0.3, 0.4) is 0 Å². The average molecular weight is 225 g/mol. The molecule has 0 radical (unpaired) electrons. The number of aromatic amines is 1. The van der Waals surface area contributed by atoms with E-state index in [1.165, 1.54) is 0 Å². The van der Waals surface area contributed by atoms with Crippen LogP contribution in [0.2, 0.25) is 0 Å². The molecule has 0 atom stereocenters. The predicted octanol–water partition coefficient (Wildman–Crippen LogP) is 1.36. The predicted molar refractivity (Wildman–Crippen MR) is 63.4 cm³/mol. The first-order valence-electron chi connectivity index (χ1n) is 5.25. The van der Waals surface area contributed by atoms with Gasteiger partial charge in [-0.1, -0.05) is 13.8 Å². The Bertz CT molecular complexity index is 435. The van der Waals surface area contributed by atoms with Crippen molar-refractivity contribution in [3.63, 3.8) is 0 Å². The number of anilines is 1. The summed E-state index contributed by atoms with van der Waals surface area (Å²) in [6.07, 6.45) is 0. The molecule has 0 unspecified atom stereocenters. The molecule has 0 aliphatic rings. The number of aromatic nitrogens is 2. The van der Waals surface area contributed by atoms with Crippen LogP contribution in [0.15, 0.2) is 4.79 Å². The molecular formula is C11H19N3O2. The van der Waals surface area contributed by atoms with Gasteiger partial charge in [-0.15, -0.1) is 0 Å². The maximum Gasteiger partial charge on any atom is 0.256 e. The third-order valence-electron chi connectivity index (χ3n) is 2.64. The summed E-state index contributed by atoms with van der Waals surface area (Å²) in [5, 5.41) is 0. The maximum atomic E-state index is 11.8. The van der Waals surface area contributed by atoms with E-state index >= 15 is 0 Å². The van der Waals surface area contributed by atoms with Crippen molar-refractivity contribution >= 4 is 5.82 Å². The molecule has 1 aromatic rings. The summed E-state index contributed by atoms with van der Waals surface area (Å²) in [6, 6.07) is 0. The summed E-state index contributed by atoms with van der Waals surface area (Å²) < 4.78 is 5.25. The molecular weight excluding hydrogens is 206 g/mol. The fraction of sp³-hybridized carbons (Fsp3) is 0.636. The third kappa shape index (κ3) is 2.24. The van der Waals surface area contributed by atoms with Crippen LogP contribution in [0.5, 0.6) is 0 Å². The Balaban J connectivity index is 3.36. The minimum Gasteiger partial charge on any atom is -0.383 e. The number of H-pyrrole nitrogens is 1. The van der Waals surface area contributed by atoms with Gasteiger partial charge >= 0.3 is 0 Å². The fourth-order valence-corrected chi connectivity index (χ4v) is 1.44. The average Bonchev–Trinajstić information content (AvgIpc) is 2.15. The normalized spacial score (nSPS) is 12.1. The Morgan fingerprint density at radius 2 is 2.00 bits per heavy atom. The number of ether oxygens (including phenoxy) is 1. The molecule has 0 aliphatic heterocycles. The SMILES string of the molecule is COC(C)(C)c1nc(N)c(C(C)C)c(=O)[nH]1. The monoisotopic (exact) mass is 225 g/mol. The van der Waals surface area contributed by atoms with Crippen LogP contribution in [0.1, 0.15) is 45.0 Å². The lowest BCUT2D eigenvalue weighted by Gasteiger charge is -2.22. The van der Waals surface area contributed by atoms with Crippen LogP contribution in [0.25, 0.3) is 0 Å². The van der Waals surface area contributed by atoms with Crippen LogP contribution < -0.4 is 11.3 Å². The number of hydrogen-bond donors (Lipinski definition) is 2. The third-order valence-corrected chi connectivity index (χ3v) is 2.64. The molecule has 3 N–H and O–H groups in total. The number of nitrogens with two attached hydrogens (primary N) is 1. The highest BCUT2D eigenvalue weighted by Crippen LogP contribution is 2.22. The van der Waals surface area contributed by atoms with Crippen LogP contribution >= 0.6 is 0 Å². The zero-order chi connectivity index (χ0) is 12.5. The number of nitrogen functional groups attached to an aromatic ring is 1. The Hall–Kier alpha value is -1.36.